The van der Waals surface area contributed by atoms with E-state index in [-0.39, 0.29) is 24.8 Å². The summed E-state index contributed by atoms with van der Waals surface area (Å²) in [5.74, 6) is -0.412. The van der Waals surface area contributed by atoms with Gasteiger partial charge in [0.15, 0.2) is 0 Å². The first-order chi connectivity index (χ1) is 10.7. The molecular formula is C16H21F3N2O2. The first kappa shape index (κ1) is 19.0. The van der Waals surface area contributed by atoms with E-state index >= 15 is 0 Å². The van der Waals surface area contributed by atoms with Crippen LogP contribution in [-0.4, -0.2) is 36.3 Å². The van der Waals surface area contributed by atoms with Crippen molar-refractivity contribution in [2.45, 2.75) is 33.4 Å². The number of halogens is 3. The average Bonchev–Trinajstić information content (AvgIpc) is 2.48. The van der Waals surface area contributed by atoms with E-state index in [1.165, 1.54) is 24.0 Å². The van der Waals surface area contributed by atoms with Crippen molar-refractivity contribution in [3.63, 3.8) is 0 Å². The van der Waals surface area contributed by atoms with Gasteiger partial charge in [-0.15, -0.1) is 0 Å². The lowest BCUT2D eigenvalue weighted by molar-refractivity contribution is -0.137. The average molecular weight is 330 g/mol. The Labute approximate surface area is 133 Å². The summed E-state index contributed by atoms with van der Waals surface area (Å²) in [7, 11) is 0. The Morgan fingerprint density at radius 2 is 1.57 bits per heavy atom. The number of hydrogen-bond donors (Lipinski definition) is 0. The molecule has 128 valence electrons. The molecule has 23 heavy (non-hydrogen) atoms. The maximum atomic E-state index is 12.6. The van der Waals surface area contributed by atoms with Gasteiger partial charge in [-0.05, 0) is 38.1 Å². The zero-order valence-corrected chi connectivity index (χ0v) is 13.5. The molecule has 1 aromatic carbocycles. The van der Waals surface area contributed by atoms with Gasteiger partial charge in [-0.2, -0.15) is 13.2 Å². The number of nitrogens with zero attached hydrogens (tertiary/aromatic N) is 2. The van der Waals surface area contributed by atoms with Crippen LogP contribution in [0.5, 0.6) is 0 Å². The second kappa shape index (κ2) is 7.99. The molecule has 1 rings (SSSR count). The second-order valence-corrected chi connectivity index (χ2v) is 5.03. The molecule has 0 aliphatic rings. The summed E-state index contributed by atoms with van der Waals surface area (Å²) >= 11 is 0. The summed E-state index contributed by atoms with van der Waals surface area (Å²) in [5.41, 5.74) is -0.429. The Morgan fingerprint density at radius 3 is 1.96 bits per heavy atom. The molecule has 0 spiro atoms. The highest BCUT2D eigenvalue weighted by atomic mass is 19.4. The van der Waals surface area contributed by atoms with Gasteiger partial charge in [0.25, 0.3) is 0 Å². The van der Waals surface area contributed by atoms with E-state index in [1.54, 1.807) is 4.90 Å². The highest BCUT2D eigenvalue weighted by molar-refractivity contribution is 5.92. The lowest BCUT2D eigenvalue weighted by Gasteiger charge is -2.24. The third-order valence-electron chi connectivity index (χ3n) is 3.55. The largest absolute Gasteiger partial charge is 0.416 e. The van der Waals surface area contributed by atoms with Gasteiger partial charge in [-0.1, -0.05) is 0 Å². The van der Waals surface area contributed by atoms with E-state index in [9.17, 15) is 22.8 Å². The fourth-order valence-corrected chi connectivity index (χ4v) is 2.24. The zero-order valence-electron chi connectivity index (χ0n) is 13.5. The van der Waals surface area contributed by atoms with Crippen LogP contribution in [0.15, 0.2) is 24.3 Å². The molecule has 4 nitrogen and oxygen atoms in total. The summed E-state index contributed by atoms with van der Waals surface area (Å²) in [5, 5.41) is 0. The number of anilines is 1. The van der Waals surface area contributed by atoms with Gasteiger partial charge in [0, 0.05) is 38.7 Å². The van der Waals surface area contributed by atoms with Crippen LogP contribution in [0.2, 0.25) is 0 Å². The Morgan fingerprint density at radius 1 is 1.04 bits per heavy atom. The van der Waals surface area contributed by atoms with E-state index < -0.39 is 11.7 Å². The Hall–Kier alpha value is -2.05. The quantitative estimate of drug-likeness (QED) is 0.803. The minimum Gasteiger partial charge on any atom is -0.343 e. The van der Waals surface area contributed by atoms with Crippen molar-refractivity contribution in [3.8, 4) is 0 Å². The van der Waals surface area contributed by atoms with E-state index in [0.29, 0.717) is 18.8 Å². The molecule has 0 fully saturated rings. The smallest absolute Gasteiger partial charge is 0.343 e. The van der Waals surface area contributed by atoms with Crippen molar-refractivity contribution in [2.24, 2.45) is 0 Å². The fraction of sp³-hybridized carbons (Fsp3) is 0.500. The maximum absolute atomic E-state index is 12.6. The highest BCUT2D eigenvalue weighted by Crippen LogP contribution is 2.30. The number of rotatable bonds is 6. The van der Waals surface area contributed by atoms with Crippen LogP contribution < -0.4 is 4.90 Å². The number of carbonyl (C=O) groups is 2. The van der Waals surface area contributed by atoms with Gasteiger partial charge in [-0.25, -0.2) is 0 Å². The molecule has 0 heterocycles. The van der Waals surface area contributed by atoms with Crippen LogP contribution in [0.25, 0.3) is 0 Å². The summed E-state index contributed by atoms with van der Waals surface area (Å²) in [4.78, 5) is 26.7. The normalized spacial score (nSPS) is 11.2. The molecule has 1 aromatic rings. The molecule has 0 aliphatic heterocycles. The van der Waals surface area contributed by atoms with E-state index in [1.807, 2.05) is 13.8 Å². The van der Waals surface area contributed by atoms with Crippen LogP contribution in [0.1, 0.15) is 32.8 Å². The Kier molecular flexibility index (Phi) is 6.60. The van der Waals surface area contributed by atoms with E-state index in [2.05, 4.69) is 0 Å². The third kappa shape index (κ3) is 5.26. The SMILES string of the molecule is CCN(CC)C(=O)CCN(C(C)=O)c1ccc(C(F)(F)F)cc1. The van der Waals surface area contributed by atoms with Gasteiger partial charge in [0.1, 0.15) is 0 Å². The Balaban J connectivity index is 2.83. The minimum absolute atomic E-state index is 0.0897. The number of amides is 2. The van der Waals surface area contributed by atoms with E-state index in [0.717, 1.165) is 12.1 Å². The molecule has 0 aromatic heterocycles. The molecule has 0 bridgehead atoms. The first-order valence-corrected chi connectivity index (χ1v) is 7.43. The number of benzene rings is 1. The minimum atomic E-state index is -4.42. The molecule has 0 saturated heterocycles. The van der Waals surface area contributed by atoms with E-state index in [4.69, 9.17) is 0 Å². The van der Waals surface area contributed by atoms with Crippen molar-refractivity contribution in [2.75, 3.05) is 24.5 Å². The first-order valence-electron chi connectivity index (χ1n) is 7.43. The molecule has 0 saturated carbocycles. The molecule has 0 radical (unpaired) electrons. The summed E-state index contributed by atoms with van der Waals surface area (Å²) in [6.45, 7) is 6.33. The molecule has 7 heteroatoms. The standard InChI is InChI=1S/C16H21F3N2O2/c1-4-20(5-2)15(23)10-11-21(12(3)22)14-8-6-13(7-9-14)16(17,18)19/h6-9H,4-5,10-11H2,1-3H3. The topological polar surface area (TPSA) is 40.6 Å². The van der Waals surface area contributed by atoms with Crippen LogP contribution in [0.4, 0.5) is 18.9 Å². The van der Waals surface area contributed by atoms with Crippen molar-refractivity contribution >= 4 is 17.5 Å². The van der Waals surface area contributed by atoms with Crippen LogP contribution in [-0.2, 0) is 15.8 Å². The lowest BCUT2D eigenvalue weighted by Crippen LogP contribution is -2.36. The van der Waals surface area contributed by atoms with Crippen molar-refractivity contribution in [1.29, 1.82) is 0 Å². The van der Waals surface area contributed by atoms with Crippen LogP contribution in [0.3, 0.4) is 0 Å². The summed E-state index contributed by atoms with van der Waals surface area (Å²) in [6, 6.07) is 4.34. The molecule has 0 N–H and O–H groups in total. The predicted octanol–water partition coefficient (Wildman–Crippen LogP) is 3.32. The molecule has 0 atom stereocenters. The zero-order chi connectivity index (χ0) is 17.6. The number of alkyl halides is 3. The van der Waals surface area contributed by atoms with Crippen molar-refractivity contribution in [3.05, 3.63) is 29.8 Å². The lowest BCUT2D eigenvalue weighted by atomic mass is 10.2. The monoisotopic (exact) mass is 330 g/mol. The van der Waals surface area contributed by atoms with Gasteiger partial charge in [0.2, 0.25) is 11.8 Å². The number of carbonyl (C=O) groups excluding carboxylic acids is 2. The van der Waals surface area contributed by atoms with Gasteiger partial charge in [0.05, 0.1) is 5.56 Å². The van der Waals surface area contributed by atoms with Gasteiger partial charge >= 0.3 is 6.18 Å². The van der Waals surface area contributed by atoms with Crippen LogP contribution >= 0.6 is 0 Å². The Bertz CT molecular complexity index is 537. The second-order valence-electron chi connectivity index (χ2n) is 5.03. The molecule has 0 aliphatic carbocycles. The van der Waals surface area contributed by atoms with Gasteiger partial charge < -0.3 is 9.80 Å². The summed E-state index contributed by atoms with van der Waals surface area (Å²) in [6.07, 6.45) is -4.29. The molecular weight excluding hydrogens is 309 g/mol. The van der Waals surface area contributed by atoms with Gasteiger partial charge in [-0.3, -0.25) is 9.59 Å². The molecule has 2 amide bonds. The number of hydrogen-bond acceptors (Lipinski definition) is 2. The summed E-state index contributed by atoms with van der Waals surface area (Å²) < 4.78 is 37.7. The van der Waals surface area contributed by atoms with Crippen molar-refractivity contribution < 1.29 is 22.8 Å². The third-order valence-corrected chi connectivity index (χ3v) is 3.55. The predicted molar refractivity (Wildman–Crippen MR) is 82.0 cm³/mol. The highest BCUT2D eigenvalue weighted by Gasteiger charge is 2.30. The molecule has 0 unspecified atom stereocenters. The maximum Gasteiger partial charge on any atom is 0.416 e. The fourth-order valence-electron chi connectivity index (χ4n) is 2.24. The van der Waals surface area contributed by atoms with Crippen LogP contribution in [0, 0.1) is 0 Å². The van der Waals surface area contributed by atoms with Crippen molar-refractivity contribution in [1.82, 2.24) is 4.90 Å².